The van der Waals surface area contributed by atoms with Crippen LogP contribution in [0.25, 0.3) is 0 Å². The molecule has 0 aliphatic carbocycles. The quantitative estimate of drug-likeness (QED) is 0.231. The highest BCUT2D eigenvalue weighted by atomic mass is 16.1. The van der Waals surface area contributed by atoms with Gasteiger partial charge in [-0.15, -0.1) is 0 Å². The van der Waals surface area contributed by atoms with E-state index in [1.54, 1.807) is 0 Å². The maximum Gasteiger partial charge on any atom is 0.120 e. The van der Waals surface area contributed by atoms with E-state index in [0.29, 0.717) is 12.3 Å². The summed E-state index contributed by atoms with van der Waals surface area (Å²) in [5, 5.41) is 0. The predicted molar refractivity (Wildman–Crippen MR) is 85.4 cm³/mol. The van der Waals surface area contributed by atoms with Crippen LogP contribution >= 0.6 is 0 Å². The first-order valence-electron chi connectivity index (χ1n) is 8.04. The van der Waals surface area contributed by atoms with Crippen molar-refractivity contribution in [3.63, 3.8) is 0 Å². The largest absolute Gasteiger partial charge is 0.303 e. The van der Waals surface area contributed by atoms with Gasteiger partial charge in [0.15, 0.2) is 0 Å². The lowest BCUT2D eigenvalue weighted by molar-refractivity contribution is -0.108. The summed E-state index contributed by atoms with van der Waals surface area (Å²) in [6, 6.07) is 0. The predicted octanol–water partition coefficient (Wildman–Crippen LogP) is 5.85. The van der Waals surface area contributed by atoms with E-state index in [-0.39, 0.29) is 0 Å². The Balaban J connectivity index is 3.31. The first-order valence-corrected chi connectivity index (χ1v) is 8.04. The van der Waals surface area contributed by atoms with Crippen LogP contribution in [0.1, 0.15) is 78.1 Å². The topological polar surface area (TPSA) is 17.1 Å². The molecule has 110 valence electrons. The first kappa shape index (κ1) is 18.1. The normalized spacial score (nSPS) is 13.4. The Bertz CT molecular complexity index is 240. The second-order valence-corrected chi connectivity index (χ2v) is 5.44. The maximum atomic E-state index is 10.2. The van der Waals surface area contributed by atoms with Crippen LogP contribution in [0, 0.1) is 5.92 Å². The molecule has 0 aliphatic rings. The number of hydrogen-bond donors (Lipinski definition) is 0. The summed E-state index contributed by atoms with van der Waals surface area (Å²) in [4.78, 5) is 10.2. The molecule has 0 aromatic carbocycles. The van der Waals surface area contributed by atoms with E-state index in [1.165, 1.54) is 38.5 Å². The Hall–Kier alpha value is -0.850. The van der Waals surface area contributed by atoms with Gasteiger partial charge in [0.25, 0.3) is 0 Å². The molecule has 0 spiro atoms. The van der Waals surface area contributed by atoms with Gasteiger partial charge < -0.3 is 4.79 Å². The molecule has 1 nitrogen and oxygen atoms in total. The summed E-state index contributed by atoms with van der Waals surface area (Å²) in [6.07, 6.45) is 21.9. The molecule has 0 aromatic heterocycles. The number of carbonyl (C=O) groups excluding carboxylic acids is 1. The number of carbonyl (C=O) groups is 1. The van der Waals surface area contributed by atoms with Crippen molar-refractivity contribution < 1.29 is 4.79 Å². The van der Waals surface area contributed by atoms with Crippen LogP contribution in [0.3, 0.4) is 0 Å². The van der Waals surface area contributed by atoms with Crippen molar-refractivity contribution in [3.8, 4) is 0 Å². The van der Waals surface area contributed by atoms with E-state index in [4.69, 9.17) is 0 Å². The fourth-order valence-electron chi connectivity index (χ4n) is 2.05. The first-order chi connectivity index (χ1) is 9.31. The van der Waals surface area contributed by atoms with Gasteiger partial charge in [-0.05, 0) is 50.9 Å². The molecule has 0 N–H and O–H groups in total. The van der Waals surface area contributed by atoms with E-state index in [2.05, 4.69) is 38.2 Å². The maximum absolute atomic E-state index is 10.2. The highest BCUT2D eigenvalue weighted by molar-refractivity contribution is 5.49. The second-order valence-electron chi connectivity index (χ2n) is 5.44. The van der Waals surface area contributed by atoms with Crippen molar-refractivity contribution in [1.29, 1.82) is 0 Å². The summed E-state index contributed by atoms with van der Waals surface area (Å²) in [7, 11) is 0. The number of aldehydes is 1. The van der Waals surface area contributed by atoms with E-state index in [1.807, 2.05) is 0 Å². The van der Waals surface area contributed by atoms with E-state index in [0.717, 1.165) is 25.5 Å². The number of allylic oxidation sites excluding steroid dienone is 4. The molecule has 0 saturated carbocycles. The van der Waals surface area contributed by atoms with Gasteiger partial charge in [-0.1, -0.05) is 51.0 Å². The molecule has 0 amide bonds. The molecule has 0 fully saturated rings. The molecule has 0 heterocycles. The number of rotatable bonds is 13. The molecule has 19 heavy (non-hydrogen) atoms. The Morgan fingerprint density at radius 1 is 0.789 bits per heavy atom. The Kier molecular flexibility index (Phi) is 14.5. The van der Waals surface area contributed by atoms with Crippen LogP contribution in [0.2, 0.25) is 0 Å². The van der Waals surface area contributed by atoms with Gasteiger partial charge in [0.05, 0.1) is 0 Å². The monoisotopic (exact) mass is 264 g/mol. The van der Waals surface area contributed by atoms with Gasteiger partial charge in [-0.3, -0.25) is 0 Å². The van der Waals surface area contributed by atoms with Crippen LogP contribution in [0.5, 0.6) is 0 Å². The molecule has 1 unspecified atom stereocenters. The second kappa shape index (κ2) is 15.2. The Labute approximate surface area is 120 Å². The summed E-state index contributed by atoms with van der Waals surface area (Å²) >= 11 is 0. The lowest BCUT2D eigenvalue weighted by Gasteiger charge is -2.06. The zero-order chi connectivity index (χ0) is 14.2. The third kappa shape index (κ3) is 15.1. The molecule has 0 rings (SSSR count). The lowest BCUT2D eigenvalue weighted by Crippen LogP contribution is -1.93. The van der Waals surface area contributed by atoms with Crippen molar-refractivity contribution in [3.05, 3.63) is 24.3 Å². The molecule has 0 aromatic rings. The van der Waals surface area contributed by atoms with Crippen molar-refractivity contribution in [2.24, 2.45) is 5.92 Å². The Morgan fingerprint density at radius 2 is 1.37 bits per heavy atom. The van der Waals surface area contributed by atoms with Gasteiger partial charge in [0.2, 0.25) is 0 Å². The van der Waals surface area contributed by atoms with Crippen molar-refractivity contribution in [2.45, 2.75) is 78.1 Å². The van der Waals surface area contributed by atoms with Gasteiger partial charge >= 0.3 is 0 Å². The number of hydrogen-bond acceptors (Lipinski definition) is 1. The third-order valence-electron chi connectivity index (χ3n) is 3.41. The van der Waals surface area contributed by atoms with Gasteiger partial charge in [-0.2, -0.15) is 0 Å². The Morgan fingerprint density at radius 3 is 2.00 bits per heavy atom. The SMILES string of the molecule is CCCCC/C=C\CC/C=C\CCC(C)CCC=O. The molecule has 0 radical (unpaired) electrons. The van der Waals surface area contributed by atoms with Gasteiger partial charge in [-0.25, -0.2) is 0 Å². The third-order valence-corrected chi connectivity index (χ3v) is 3.41. The zero-order valence-corrected chi connectivity index (χ0v) is 12.9. The minimum Gasteiger partial charge on any atom is -0.303 e. The summed E-state index contributed by atoms with van der Waals surface area (Å²) in [5.74, 6) is 0.674. The average molecular weight is 264 g/mol. The average Bonchev–Trinajstić information content (AvgIpc) is 2.42. The van der Waals surface area contributed by atoms with Gasteiger partial charge in [0, 0.05) is 6.42 Å². The molecule has 1 atom stereocenters. The zero-order valence-electron chi connectivity index (χ0n) is 12.9. The molecule has 0 aliphatic heterocycles. The number of unbranched alkanes of at least 4 members (excludes halogenated alkanes) is 4. The fraction of sp³-hybridized carbons (Fsp3) is 0.722. The minimum absolute atomic E-state index is 0.674. The van der Waals surface area contributed by atoms with E-state index >= 15 is 0 Å². The smallest absolute Gasteiger partial charge is 0.120 e. The molecule has 0 bridgehead atoms. The van der Waals surface area contributed by atoms with Crippen molar-refractivity contribution in [2.75, 3.05) is 0 Å². The van der Waals surface area contributed by atoms with Crippen molar-refractivity contribution in [1.82, 2.24) is 0 Å². The van der Waals surface area contributed by atoms with Crippen LogP contribution in [0.4, 0.5) is 0 Å². The summed E-state index contributed by atoms with van der Waals surface area (Å²) in [5.41, 5.74) is 0. The standard InChI is InChI=1S/C18H32O/c1-3-4-5-6-7-8-9-10-11-12-13-15-18(2)16-14-17-19/h7-8,11-12,17-18H,3-6,9-10,13-16H2,1-2H3/b8-7-,12-11-. The van der Waals surface area contributed by atoms with Crippen molar-refractivity contribution >= 4 is 6.29 Å². The lowest BCUT2D eigenvalue weighted by atomic mass is 10.00. The van der Waals surface area contributed by atoms with E-state index in [9.17, 15) is 4.79 Å². The summed E-state index contributed by atoms with van der Waals surface area (Å²) < 4.78 is 0. The molecular formula is C18H32O. The molecule has 1 heteroatoms. The molecular weight excluding hydrogens is 232 g/mol. The molecule has 0 saturated heterocycles. The highest BCUT2D eigenvalue weighted by Gasteiger charge is 1.98. The van der Waals surface area contributed by atoms with E-state index < -0.39 is 0 Å². The highest BCUT2D eigenvalue weighted by Crippen LogP contribution is 2.12. The van der Waals surface area contributed by atoms with Crippen LogP contribution in [-0.2, 0) is 4.79 Å². The van der Waals surface area contributed by atoms with Crippen LogP contribution in [-0.4, -0.2) is 6.29 Å². The minimum atomic E-state index is 0.674. The van der Waals surface area contributed by atoms with Crippen LogP contribution < -0.4 is 0 Å². The van der Waals surface area contributed by atoms with Gasteiger partial charge in [0.1, 0.15) is 6.29 Å². The fourth-order valence-corrected chi connectivity index (χ4v) is 2.05. The van der Waals surface area contributed by atoms with Crippen LogP contribution in [0.15, 0.2) is 24.3 Å². The summed E-state index contributed by atoms with van der Waals surface area (Å²) in [6.45, 7) is 4.48.